The maximum atomic E-state index is 14.7. The maximum absolute atomic E-state index is 14.7. The van der Waals surface area contributed by atoms with Crippen molar-refractivity contribution in [1.29, 1.82) is 0 Å². The van der Waals surface area contributed by atoms with Gasteiger partial charge in [-0.3, -0.25) is 4.57 Å². The minimum absolute atomic E-state index is 0.260. The summed E-state index contributed by atoms with van der Waals surface area (Å²) in [6.07, 6.45) is 3.33. The van der Waals surface area contributed by atoms with Crippen molar-refractivity contribution in [3.05, 3.63) is 126 Å². The Morgan fingerprint density at radius 3 is 1.55 bits per heavy atom. The molecular weight excluding hydrogens is 431 g/mol. The second kappa shape index (κ2) is 10.3. The molecule has 1 atom stereocenters. The molecule has 6 heteroatoms. The molecule has 4 rings (SSSR count). The highest BCUT2D eigenvalue weighted by Crippen LogP contribution is 2.70. The van der Waals surface area contributed by atoms with Gasteiger partial charge in [0.2, 0.25) is 0 Å². The fourth-order valence-corrected chi connectivity index (χ4v) is 7.18. The first kappa shape index (κ1) is 23.2. The molecule has 4 aromatic rings. The molecule has 5 nitrogen and oxygen atoms in total. The molecule has 0 aliphatic heterocycles. The molecule has 1 unspecified atom stereocenters. The van der Waals surface area contributed by atoms with Gasteiger partial charge in [0.25, 0.3) is 0 Å². The third-order valence-electron chi connectivity index (χ3n) is 5.85. The lowest BCUT2D eigenvalue weighted by Gasteiger charge is -2.44. The SMILES string of the molecule is CCOP(=O)(OCC)C(c1cnc[nH]1)C(c1ccccc1)(c1ccccc1)c1ccccc1. The third kappa shape index (κ3) is 4.32. The van der Waals surface area contributed by atoms with Crippen LogP contribution in [0.5, 0.6) is 0 Å². The van der Waals surface area contributed by atoms with Gasteiger partial charge in [-0.2, -0.15) is 0 Å². The van der Waals surface area contributed by atoms with Crippen LogP contribution in [0.2, 0.25) is 0 Å². The van der Waals surface area contributed by atoms with E-state index in [2.05, 4.69) is 46.4 Å². The van der Waals surface area contributed by atoms with Crippen molar-refractivity contribution >= 4 is 7.60 Å². The molecule has 0 radical (unpaired) electrons. The van der Waals surface area contributed by atoms with Gasteiger partial charge in [0.05, 0.1) is 30.7 Å². The van der Waals surface area contributed by atoms with Crippen LogP contribution in [0.4, 0.5) is 0 Å². The van der Waals surface area contributed by atoms with Crippen LogP contribution in [0.1, 0.15) is 41.9 Å². The highest BCUT2D eigenvalue weighted by atomic mass is 31.2. The molecule has 1 heterocycles. The van der Waals surface area contributed by atoms with Crippen molar-refractivity contribution in [2.24, 2.45) is 0 Å². The first-order valence-corrected chi connectivity index (χ1v) is 12.8. The van der Waals surface area contributed by atoms with Gasteiger partial charge in [-0.1, -0.05) is 91.0 Å². The molecular formula is C27H29N2O3P. The van der Waals surface area contributed by atoms with Crippen LogP contribution in [0, 0.1) is 0 Å². The van der Waals surface area contributed by atoms with Crippen LogP contribution in [-0.2, 0) is 19.0 Å². The summed E-state index contributed by atoms with van der Waals surface area (Å²) >= 11 is 0. The first-order chi connectivity index (χ1) is 16.2. The molecule has 1 N–H and O–H groups in total. The molecule has 0 saturated heterocycles. The van der Waals surface area contributed by atoms with Gasteiger partial charge in [-0.15, -0.1) is 0 Å². The van der Waals surface area contributed by atoms with E-state index in [1.807, 2.05) is 68.4 Å². The van der Waals surface area contributed by atoms with Crippen molar-refractivity contribution < 1.29 is 13.6 Å². The van der Waals surface area contributed by atoms with E-state index in [1.54, 1.807) is 12.5 Å². The van der Waals surface area contributed by atoms with E-state index in [0.29, 0.717) is 5.69 Å². The van der Waals surface area contributed by atoms with Crippen LogP contribution in [-0.4, -0.2) is 23.2 Å². The zero-order valence-corrected chi connectivity index (χ0v) is 19.8. The average Bonchev–Trinajstić information content (AvgIpc) is 3.38. The van der Waals surface area contributed by atoms with Crippen molar-refractivity contribution in [2.75, 3.05) is 13.2 Å². The van der Waals surface area contributed by atoms with Gasteiger partial charge >= 0.3 is 7.60 Å². The summed E-state index contributed by atoms with van der Waals surface area (Å²) in [5, 5.41) is 0. The number of benzene rings is 3. The van der Waals surface area contributed by atoms with E-state index >= 15 is 0 Å². The number of nitrogens with one attached hydrogen (secondary N) is 1. The van der Waals surface area contributed by atoms with Crippen molar-refractivity contribution in [3.8, 4) is 0 Å². The van der Waals surface area contributed by atoms with Gasteiger partial charge < -0.3 is 14.0 Å². The maximum Gasteiger partial charge on any atom is 0.341 e. The molecule has 0 aliphatic rings. The third-order valence-corrected chi connectivity index (χ3v) is 8.38. The summed E-state index contributed by atoms with van der Waals surface area (Å²) in [5.74, 6) is 0. The topological polar surface area (TPSA) is 64.2 Å². The first-order valence-electron chi connectivity index (χ1n) is 11.2. The molecule has 0 amide bonds. The minimum atomic E-state index is -3.71. The fraction of sp³-hybridized carbons (Fsp3) is 0.222. The smallest absolute Gasteiger partial charge is 0.341 e. The Hall–Kier alpha value is -2.98. The van der Waals surface area contributed by atoms with Crippen LogP contribution >= 0.6 is 7.60 Å². The Bertz CT molecular complexity index is 1060. The van der Waals surface area contributed by atoms with Gasteiger partial charge in [0.1, 0.15) is 5.66 Å². The van der Waals surface area contributed by atoms with Crippen molar-refractivity contribution in [1.82, 2.24) is 9.97 Å². The van der Waals surface area contributed by atoms with Crippen LogP contribution in [0.15, 0.2) is 104 Å². The van der Waals surface area contributed by atoms with E-state index < -0.39 is 18.7 Å². The second-order valence-corrected chi connectivity index (χ2v) is 9.80. The molecule has 3 aromatic carbocycles. The molecule has 0 fully saturated rings. The number of imidazole rings is 1. The predicted octanol–water partition coefficient (Wildman–Crippen LogP) is 6.75. The zero-order chi connectivity index (χ0) is 23.2. The summed E-state index contributed by atoms with van der Waals surface area (Å²) in [5.41, 5.74) is 2.07. The second-order valence-electron chi connectivity index (χ2n) is 7.69. The number of nitrogens with zero attached hydrogens (tertiary/aromatic N) is 1. The fourth-order valence-electron chi connectivity index (χ4n) is 4.68. The monoisotopic (exact) mass is 460 g/mol. The quantitative estimate of drug-likeness (QED) is 0.210. The van der Waals surface area contributed by atoms with Crippen LogP contribution < -0.4 is 0 Å². The normalized spacial score (nSPS) is 13.0. The molecule has 0 bridgehead atoms. The lowest BCUT2D eigenvalue weighted by molar-refractivity contribution is 0.204. The number of aromatic amines is 1. The lowest BCUT2D eigenvalue weighted by Crippen LogP contribution is -2.37. The largest absolute Gasteiger partial charge is 0.348 e. The summed E-state index contributed by atoms with van der Waals surface area (Å²) < 4.78 is 26.7. The molecule has 33 heavy (non-hydrogen) atoms. The highest BCUT2D eigenvalue weighted by Gasteiger charge is 2.55. The van der Waals surface area contributed by atoms with Crippen LogP contribution in [0.3, 0.4) is 0 Å². The predicted molar refractivity (Wildman–Crippen MR) is 131 cm³/mol. The number of hydrogen-bond donors (Lipinski definition) is 1. The van der Waals surface area contributed by atoms with Gasteiger partial charge in [-0.05, 0) is 30.5 Å². The average molecular weight is 461 g/mol. The van der Waals surface area contributed by atoms with Gasteiger partial charge in [0.15, 0.2) is 0 Å². The summed E-state index contributed by atoms with van der Waals surface area (Å²) in [6.45, 7) is 4.20. The molecule has 0 saturated carbocycles. The molecule has 170 valence electrons. The minimum Gasteiger partial charge on any atom is -0.348 e. The standard InChI is InChI=1S/C27H29N2O3P/c1-3-31-33(30,32-4-2)26(25-20-28-21-29-25)27(22-14-8-5-9-15-22,23-16-10-6-11-17-23)24-18-12-7-13-19-24/h5-21,26H,3-4H2,1-2H3,(H,28,29). The summed E-state index contributed by atoms with van der Waals surface area (Å²) in [4.78, 5) is 7.51. The van der Waals surface area contributed by atoms with E-state index in [1.165, 1.54) is 0 Å². The number of hydrogen-bond acceptors (Lipinski definition) is 4. The Balaban J connectivity index is 2.17. The summed E-state index contributed by atoms with van der Waals surface area (Å²) in [6, 6.07) is 30.4. The Morgan fingerprint density at radius 2 is 1.21 bits per heavy atom. The Kier molecular flexibility index (Phi) is 7.24. The zero-order valence-electron chi connectivity index (χ0n) is 18.9. The van der Waals surface area contributed by atoms with E-state index in [9.17, 15) is 4.57 Å². The van der Waals surface area contributed by atoms with Gasteiger partial charge in [-0.25, -0.2) is 4.98 Å². The number of aromatic nitrogens is 2. The van der Waals surface area contributed by atoms with E-state index in [4.69, 9.17) is 9.05 Å². The highest BCUT2D eigenvalue weighted by molar-refractivity contribution is 7.54. The van der Waals surface area contributed by atoms with Crippen LogP contribution in [0.25, 0.3) is 0 Å². The van der Waals surface area contributed by atoms with Crippen molar-refractivity contribution in [2.45, 2.75) is 24.9 Å². The van der Waals surface area contributed by atoms with Gasteiger partial charge in [0, 0.05) is 6.20 Å². The number of rotatable bonds is 10. The molecule has 0 spiro atoms. The van der Waals surface area contributed by atoms with Crippen molar-refractivity contribution in [3.63, 3.8) is 0 Å². The lowest BCUT2D eigenvalue weighted by atomic mass is 9.66. The van der Waals surface area contributed by atoms with E-state index in [0.717, 1.165) is 16.7 Å². The van der Waals surface area contributed by atoms with E-state index in [-0.39, 0.29) is 13.2 Å². The molecule has 1 aromatic heterocycles. The molecule has 0 aliphatic carbocycles. The Morgan fingerprint density at radius 1 is 0.788 bits per heavy atom. The summed E-state index contributed by atoms with van der Waals surface area (Å²) in [7, 11) is -3.71. The number of H-pyrrole nitrogens is 1. The Labute approximate surface area is 195 Å².